The van der Waals surface area contributed by atoms with Crippen molar-refractivity contribution in [2.45, 2.75) is 25.3 Å². The molecule has 1 aliphatic rings. The topological polar surface area (TPSA) is 55.4 Å². The van der Waals surface area contributed by atoms with Gasteiger partial charge in [0.1, 0.15) is 5.75 Å². The van der Waals surface area contributed by atoms with Crippen molar-refractivity contribution in [2.75, 3.05) is 11.9 Å². The normalized spacial score (nSPS) is 14.5. The summed E-state index contributed by atoms with van der Waals surface area (Å²) in [5.41, 5.74) is 0.628. The van der Waals surface area contributed by atoms with Crippen LogP contribution in [0.25, 0.3) is 0 Å². The largest absolute Gasteiger partial charge is 0.491 e. The van der Waals surface area contributed by atoms with Crippen molar-refractivity contribution in [3.05, 3.63) is 95.6 Å². The molecule has 4 rings (SSSR count). The third-order valence-corrected chi connectivity index (χ3v) is 5.27. The molecular weight excluding hydrogens is 362 g/mol. The summed E-state index contributed by atoms with van der Waals surface area (Å²) in [5.74, 6) is 0.146. The summed E-state index contributed by atoms with van der Waals surface area (Å²) >= 11 is 0. The molecular formula is C25H23NO3. The maximum Gasteiger partial charge on any atom is 0.201 e. The molecule has 4 heteroatoms. The molecule has 1 aliphatic carbocycles. The van der Waals surface area contributed by atoms with Crippen molar-refractivity contribution in [3.63, 3.8) is 0 Å². The lowest BCUT2D eigenvalue weighted by Crippen LogP contribution is -2.46. The lowest BCUT2D eigenvalue weighted by molar-refractivity contribution is 0.0818. The van der Waals surface area contributed by atoms with Gasteiger partial charge in [0.05, 0.1) is 12.3 Å². The fraction of sp³-hybridized carbons (Fsp3) is 0.200. The van der Waals surface area contributed by atoms with Crippen LogP contribution in [0.1, 0.15) is 46.0 Å². The number of carbonyl (C=O) groups is 2. The van der Waals surface area contributed by atoms with Crippen molar-refractivity contribution in [1.29, 1.82) is 0 Å². The van der Waals surface area contributed by atoms with E-state index in [9.17, 15) is 9.59 Å². The Hall–Kier alpha value is -3.40. The van der Waals surface area contributed by atoms with E-state index in [1.165, 1.54) is 0 Å². The van der Waals surface area contributed by atoms with Crippen LogP contribution in [0, 0.1) is 0 Å². The Balaban J connectivity index is 1.82. The Kier molecular flexibility index (Phi) is 5.17. The van der Waals surface area contributed by atoms with Crippen molar-refractivity contribution in [2.24, 2.45) is 0 Å². The third-order valence-electron chi connectivity index (χ3n) is 5.27. The van der Waals surface area contributed by atoms with Crippen LogP contribution in [0.15, 0.2) is 78.9 Å². The maximum absolute atomic E-state index is 13.6. The van der Waals surface area contributed by atoms with Gasteiger partial charge in [-0.05, 0) is 24.1 Å². The molecule has 0 saturated heterocycles. The molecule has 0 fully saturated rings. The van der Waals surface area contributed by atoms with Crippen LogP contribution in [0.5, 0.6) is 5.75 Å². The van der Waals surface area contributed by atoms with Crippen molar-refractivity contribution in [1.82, 2.24) is 0 Å². The smallest absolute Gasteiger partial charge is 0.201 e. The molecule has 3 aromatic rings. The van der Waals surface area contributed by atoms with Gasteiger partial charge >= 0.3 is 0 Å². The first-order valence-electron chi connectivity index (χ1n) is 9.92. The van der Waals surface area contributed by atoms with Gasteiger partial charge < -0.3 is 10.1 Å². The summed E-state index contributed by atoms with van der Waals surface area (Å²) in [6, 6.07) is 23.6. The second kappa shape index (κ2) is 7.92. The van der Waals surface area contributed by atoms with Gasteiger partial charge in [-0.3, -0.25) is 9.59 Å². The number of carbonyl (C=O) groups excluding carboxylic acids is 2. The van der Waals surface area contributed by atoms with Gasteiger partial charge in [0.15, 0.2) is 5.54 Å². The van der Waals surface area contributed by atoms with E-state index in [1.807, 2.05) is 54.6 Å². The molecule has 0 heterocycles. The molecule has 0 spiro atoms. The first-order chi connectivity index (χ1) is 14.2. The van der Waals surface area contributed by atoms with Crippen LogP contribution in [-0.2, 0) is 5.54 Å². The number of para-hydroxylation sites is 2. The minimum atomic E-state index is -1.50. The van der Waals surface area contributed by atoms with Crippen molar-refractivity contribution < 1.29 is 14.3 Å². The first-order valence-corrected chi connectivity index (χ1v) is 9.92. The summed E-state index contributed by atoms with van der Waals surface area (Å²) in [6.07, 6.45) is 1.96. The molecule has 3 aromatic carbocycles. The fourth-order valence-corrected chi connectivity index (χ4v) is 3.75. The summed E-state index contributed by atoms with van der Waals surface area (Å²) in [6.45, 7) is 2.68. The molecule has 0 aliphatic heterocycles. The zero-order valence-electron chi connectivity index (χ0n) is 16.4. The highest BCUT2D eigenvalue weighted by Gasteiger charge is 2.54. The highest BCUT2D eigenvalue weighted by atomic mass is 16.5. The predicted octanol–water partition coefficient (Wildman–Crippen LogP) is 5.25. The second-order valence-corrected chi connectivity index (χ2v) is 7.14. The number of unbranched alkanes of at least 4 members (excludes halogenated alkanes) is 1. The predicted molar refractivity (Wildman–Crippen MR) is 114 cm³/mol. The van der Waals surface area contributed by atoms with Gasteiger partial charge in [-0.25, -0.2) is 0 Å². The second-order valence-electron chi connectivity index (χ2n) is 7.14. The SMILES string of the molecule is CCCCOc1ccccc1NC1(c2ccccc2)C(=O)c2ccccc2C1=O. The van der Waals surface area contributed by atoms with Gasteiger partial charge in [-0.2, -0.15) is 0 Å². The van der Waals surface area contributed by atoms with Crippen LogP contribution in [0.4, 0.5) is 5.69 Å². The minimum Gasteiger partial charge on any atom is -0.491 e. The van der Waals surface area contributed by atoms with Crippen LogP contribution in [-0.4, -0.2) is 18.2 Å². The molecule has 0 amide bonds. The lowest BCUT2D eigenvalue weighted by Gasteiger charge is -2.30. The zero-order valence-corrected chi connectivity index (χ0v) is 16.4. The zero-order chi connectivity index (χ0) is 20.3. The summed E-state index contributed by atoms with van der Waals surface area (Å²) in [4.78, 5) is 27.2. The Labute approximate surface area is 170 Å². The van der Waals surface area contributed by atoms with E-state index >= 15 is 0 Å². The van der Waals surface area contributed by atoms with Gasteiger partial charge in [-0.1, -0.05) is 80.1 Å². The lowest BCUT2D eigenvalue weighted by atomic mass is 9.84. The molecule has 4 nitrogen and oxygen atoms in total. The van der Waals surface area contributed by atoms with E-state index in [4.69, 9.17) is 4.74 Å². The highest BCUT2D eigenvalue weighted by Crippen LogP contribution is 2.42. The molecule has 0 unspecified atom stereocenters. The third kappa shape index (κ3) is 3.21. The molecule has 0 aromatic heterocycles. The number of hydrogen-bond donors (Lipinski definition) is 1. The summed E-state index contributed by atoms with van der Waals surface area (Å²) < 4.78 is 5.93. The first kappa shape index (κ1) is 18.9. The number of Topliss-reactive ketones (excluding diaryl/α,β-unsaturated/α-hetero) is 2. The number of nitrogens with one attached hydrogen (secondary N) is 1. The number of rotatable bonds is 7. The maximum atomic E-state index is 13.6. The van der Waals surface area contributed by atoms with E-state index in [-0.39, 0.29) is 11.6 Å². The van der Waals surface area contributed by atoms with E-state index < -0.39 is 5.54 Å². The monoisotopic (exact) mass is 385 g/mol. The van der Waals surface area contributed by atoms with Crippen LogP contribution in [0.3, 0.4) is 0 Å². The molecule has 146 valence electrons. The van der Waals surface area contributed by atoms with E-state index in [0.717, 1.165) is 12.8 Å². The fourth-order valence-electron chi connectivity index (χ4n) is 3.75. The number of ketones is 2. The molecule has 0 bridgehead atoms. The average Bonchev–Trinajstić information content (AvgIpc) is 2.98. The molecule has 29 heavy (non-hydrogen) atoms. The number of ether oxygens (including phenoxy) is 1. The highest BCUT2D eigenvalue weighted by molar-refractivity contribution is 6.34. The number of fused-ring (bicyclic) bond motifs is 1. The van der Waals surface area contributed by atoms with E-state index in [0.29, 0.717) is 34.7 Å². The molecule has 1 N–H and O–H groups in total. The average molecular weight is 385 g/mol. The Bertz CT molecular complexity index is 1010. The molecule has 0 radical (unpaired) electrons. The van der Waals surface area contributed by atoms with Crippen LogP contribution < -0.4 is 10.1 Å². The number of hydrogen-bond acceptors (Lipinski definition) is 4. The number of anilines is 1. The molecule has 0 saturated carbocycles. The Morgan fingerprint density at radius 3 is 2.03 bits per heavy atom. The van der Waals surface area contributed by atoms with Crippen LogP contribution in [0.2, 0.25) is 0 Å². The standard InChI is InChI=1S/C25H23NO3/c1-2-3-17-29-22-16-10-9-15-21(22)26-25(18-11-5-4-6-12-18)23(27)19-13-7-8-14-20(19)24(25)28/h4-16,26H,2-3,17H2,1H3. The Morgan fingerprint density at radius 2 is 1.38 bits per heavy atom. The summed E-state index contributed by atoms with van der Waals surface area (Å²) in [5, 5.41) is 3.29. The van der Waals surface area contributed by atoms with E-state index in [1.54, 1.807) is 24.3 Å². The Morgan fingerprint density at radius 1 is 0.793 bits per heavy atom. The number of benzene rings is 3. The van der Waals surface area contributed by atoms with Gasteiger partial charge in [0, 0.05) is 11.1 Å². The van der Waals surface area contributed by atoms with Crippen molar-refractivity contribution >= 4 is 17.3 Å². The summed E-state index contributed by atoms with van der Waals surface area (Å²) in [7, 11) is 0. The van der Waals surface area contributed by atoms with Gasteiger partial charge in [0.25, 0.3) is 0 Å². The van der Waals surface area contributed by atoms with E-state index in [2.05, 4.69) is 12.2 Å². The van der Waals surface area contributed by atoms with Gasteiger partial charge in [-0.15, -0.1) is 0 Å². The van der Waals surface area contributed by atoms with Crippen molar-refractivity contribution in [3.8, 4) is 5.75 Å². The molecule has 0 atom stereocenters. The van der Waals surface area contributed by atoms with Gasteiger partial charge in [0.2, 0.25) is 11.6 Å². The van der Waals surface area contributed by atoms with Crippen LogP contribution >= 0.6 is 0 Å². The quantitative estimate of drug-likeness (QED) is 0.446. The minimum absolute atomic E-state index is 0.243.